The van der Waals surface area contributed by atoms with Crippen molar-refractivity contribution in [3.63, 3.8) is 0 Å². The number of imidazole rings is 1. The highest BCUT2D eigenvalue weighted by atomic mass is 35.5. The van der Waals surface area contributed by atoms with Crippen molar-refractivity contribution in [1.82, 2.24) is 14.9 Å². The molecule has 0 spiro atoms. The van der Waals surface area contributed by atoms with Gasteiger partial charge < -0.3 is 24.5 Å². The average Bonchev–Trinajstić information content (AvgIpc) is 3.12. The SMILES string of the molecule is CCOc1cc(/C=C/C(=O)NCCC(O)(c2nccn2C)C(F)(F)F)cc(Cl)c1OC. The van der Waals surface area contributed by atoms with Gasteiger partial charge >= 0.3 is 6.18 Å². The maximum atomic E-state index is 13.5. The first kappa shape index (κ1) is 24.5. The van der Waals surface area contributed by atoms with E-state index in [-0.39, 0.29) is 5.02 Å². The molecule has 170 valence electrons. The summed E-state index contributed by atoms with van der Waals surface area (Å²) in [5.74, 6) is -0.455. The fraction of sp³-hybridized carbons (Fsp3) is 0.400. The second kappa shape index (κ2) is 10.1. The quantitative estimate of drug-likeness (QED) is 0.559. The van der Waals surface area contributed by atoms with Crippen LogP contribution in [0.2, 0.25) is 5.02 Å². The lowest BCUT2D eigenvalue weighted by Crippen LogP contribution is -2.46. The van der Waals surface area contributed by atoms with Crippen LogP contribution >= 0.6 is 11.6 Å². The summed E-state index contributed by atoms with van der Waals surface area (Å²) in [6.07, 6.45) is -0.751. The average molecular weight is 462 g/mol. The Morgan fingerprint density at radius 3 is 2.65 bits per heavy atom. The normalized spacial score (nSPS) is 13.8. The highest BCUT2D eigenvalue weighted by Crippen LogP contribution is 2.40. The molecular weight excluding hydrogens is 439 g/mol. The number of methoxy groups -OCH3 is 1. The smallest absolute Gasteiger partial charge is 0.424 e. The molecule has 1 atom stereocenters. The van der Waals surface area contributed by atoms with Crippen LogP contribution in [0.5, 0.6) is 11.5 Å². The number of nitrogens with zero attached hydrogens (tertiary/aromatic N) is 2. The van der Waals surface area contributed by atoms with E-state index in [1.807, 2.05) is 0 Å². The first-order chi connectivity index (χ1) is 14.5. The summed E-state index contributed by atoms with van der Waals surface area (Å²) in [4.78, 5) is 15.7. The number of rotatable bonds is 9. The third kappa shape index (κ3) is 5.71. The van der Waals surface area contributed by atoms with E-state index in [0.29, 0.717) is 23.7 Å². The summed E-state index contributed by atoms with van der Waals surface area (Å²) in [7, 11) is 2.79. The molecule has 0 aliphatic rings. The van der Waals surface area contributed by atoms with Crippen molar-refractivity contribution in [2.75, 3.05) is 20.3 Å². The maximum absolute atomic E-state index is 13.5. The lowest BCUT2D eigenvalue weighted by Gasteiger charge is -2.29. The Labute approximate surface area is 182 Å². The molecule has 0 fully saturated rings. The molecule has 0 aliphatic heterocycles. The molecule has 1 aromatic carbocycles. The number of carbonyl (C=O) groups is 1. The number of hydrogen-bond acceptors (Lipinski definition) is 5. The van der Waals surface area contributed by atoms with Gasteiger partial charge in [-0.15, -0.1) is 0 Å². The predicted octanol–water partition coefficient (Wildman–Crippen LogP) is 3.45. The van der Waals surface area contributed by atoms with Gasteiger partial charge in [-0.25, -0.2) is 4.98 Å². The van der Waals surface area contributed by atoms with Crippen LogP contribution in [0.25, 0.3) is 6.08 Å². The molecule has 0 aliphatic carbocycles. The van der Waals surface area contributed by atoms with Crippen LogP contribution in [0, 0.1) is 0 Å². The Morgan fingerprint density at radius 1 is 1.39 bits per heavy atom. The number of halogens is 4. The zero-order valence-corrected chi connectivity index (χ0v) is 17.9. The summed E-state index contributed by atoms with van der Waals surface area (Å²) in [5, 5.41) is 12.9. The van der Waals surface area contributed by atoms with E-state index in [4.69, 9.17) is 21.1 Å². The fourth-order valence-electron chi connectivity index (χ4n) is 2.89. The lowest BCUT2D eigenvalue weighted by molar-refractivity contribution is -0.272. The second-order valence-corrected chi connectivity index (χ2v) is 6.97. The molecule has 7 nitrogen and oxygen atoms in total. The Kier molecular flexibility index (Phi) is 7.96. The molecule has 31 heavy (non-hydrogen) atoms. The zero-order chi connectivity index (χ0) is 23.2. The number of nitrogens with one attached hydrogen (secondary N) is 1. The topological polar surface area (TPSA) is 85.6 Å². The summed E-state index contributed by atoms with van der Waals surface area (Å²) < 4.78 is 52.1. The first-order valence-corrected chi connectivity index (χ1v) is 9.64. The lowest BCUT2D eigenvalue weighted by atomic mass is 9.97. The monoisotopic (exact) mass is 461 g/mol. The zero-order valence-electron chi connectivity index (χ0n) is 17.2. The van der Waals surface area contributed by atoms with E-state index < -0.39 is 36.5 Å². The molecule has 1 amide bonds. The molecule has 11 heteroatoms. The summed E-state index contributed by atoms with van der Waals surface area (Å²) >= 11 is 6.14. The standard InChI is InChI=1S/C20H23ClF3N3O4/c1-4-31-15-12-13(11-14(21)17(15)30-3)5-6-16(28)25-8-7-19(29,20(22,23)24)18-26-9-10-27(18)2/h5-6,9-12,29H,4,7-8H2,1-3H3,(H,25,28)/b6-5+. The number of amides is 1. The molecule has 0 saturated heterocycles. The molecular formula is C20H23ClF3N3O4. The van der Waals surface area contributed by atoms with Crippen LogP contribution in [-0.2, 0) is 17.4 Å². The van der Waals surface area contributed by atoms with Crippen molar-refractivity contribution in [3.8, 4) is 11.5 Å². The Hall–Kier alpha value is -2.72. The Balaban J connectivity index is 2.06. The van der Waals surface area contributed by atoms with Gasteiger partial charge in [0, 0.05) is 38.5 Å². The van der Waals surface area contributed by atoms with Crippen LogP contribution in [0.15, 0.2) is 30.6 Å². The molecule has 0 bridgehead atoms. The van der Waals surface area contributed by atoms with Crippen LogP contribution in [0.1, 0.15) is 24.7 Å². The van der Waals surface area contributed by atoms with Crippen molar-refractivity contribution in [1.29, 1.82) is 0 Å². The molecule has 0 radical (unpaired) electrons. The molecule has 2 N–H and O–H groups in total. The van der Waals surface area contributed by atoms with Crippen LogP contribution < -0.4 is 14.8 Å². The number of alkyl halides is 3. The predicted molar refractivity (Wildman–Crippen MR) is 109 cm³/mol. The van der Waals surface area contributed by atoms with Gasteiger partial charge in [0.2, 0.25) is 11.5 Å². The van der Waals surface area contributed by atoms with Crippen LogP contribution in [0.4, 0.5) is 13.2 Å². The van der Waals surface area contributed by atoms with Gasteiger partial charge in [-0.05, 0) is 30.7 Å². The van der Waals surface area contributed by atoms with E-state index in [9.17, 15) is 23.1 Å². The van der Waals surface area contributed by atoms with E-state index in [1.54, 1.807) is 19.1 Å². The van der Waals surface area contributed by atoms with E-state index in [2.05, 4.69) is 10.3 Å². The molecule has 0 saturated carbocycles. The summed E-state index contributed by atoms with van der Waals surface area (Å²) in [6, 6.07) is 3.16. The van der Waals surface area contributed by atoms with E-state index >= 15 is 0 Å². The number of hydrogen-bond donors (Lipinski definition) is 2. The Bertz CT molecular complexity index is 946. The van der Waals surface area contributed by atoms with Crippen molar-refractivity contribution < 1.29 is 32.5 Å². The number of aliphatic hydroxyl groups is 1. The van der Waals surface area contributed by atoms with Crippen molar-refractivity contribution in [3.05, 3.63) is 47.0 Å². The van der Waals surface area contributed by atoms with Gasteiger partial charge in [0.25, 0.3) is 0 Å². The number of aromatic nitrogens is 2. The minimum Gasteiger partial charge on any atom is -0.491 e. The van der Waals surface area contributed by atoms with Crippen molar-refractivity contribution in [2.24, 2.45) is 7.05 Å². The fourth-order valence-corrected chi connectivity index (χ4v) is 3.18. The third-order valence-corrected chi connectivity index (χ3v) is 4.69. The highest BCUT2D eigenvalue weighted by Gasteiger charge is 2.57. The third-order valence-electron chi connectivity index (χ3n) is 4.41. The van der Waals surface area contributed by atoms with Gasteiger partial charge in [0.15, 0.2) is 11.5 Å². The van der Waals surface area contributed by atoms with Gasteiger partial charge in [-0.2, -0.15) is 13.2 Å². The molecule has 2 aromatic rings. The van der Waals surface area contributed by atoms with Crippen LogP contribution in [-0.4, -0.2) is 47.0 Å². The van der Waals surface area contributed by atoms with E-state index in [0.717, 1.165) is 16.8 Å². The summed E-state index contributed by atoms with van der Waals surface area (Å²) in [5.41, 5.74) is -2.66. The summed E-state index contributed by atoms with van der Waals surface area (Å²) in [6.45, 7) is 1.73. The largest absolute Gasteiger partial charge is 0.491 e. The minimum atomic E-state index is -4.97. The van der Waals surface area contributed by atoms with E-state index in [1.165, 1.54) is 26.4 Å². The minimum absolute atomic E-state index is 0.277. The number of carbonyl (C=O) groups excluding carboxylic acids is 1. The molecule has 1 aromatic heterocycles. The van der Waals surface area contributed by atoms with Gasteiger partial charge in [-0.1, -0.05) is 11.6 Å². The van der Waals surface area contributed by atoms with Gasteiger partial charge in [0.05, 0.1) is 18.7 Å². The number of ether oxygens (including phenoxy) is 2. The number of benzene rings is 1. The second-order valence-electron chi connectivity index (χ2n) is 6.56. The molecule has 1 heterocycles. The molecule has 1 unspecified atom stereocenters. The maximum Gasteiger partial charge on any atom is 0.424 e. The van der Waals surface area contributed by atoms with Gasteiger partial charge in [0.1, 0.15) is 5.82 Å². The molecule has 2 rings (SSSR count). The van der Waals surface area contributed by atoms with Crippen LogP contribution in [0.3, 0.4) is 0 Å². The first-order valence-electron chi connectivity index (χ1n) is 9.26. The van der Waals surface area contributed by atoms with Crippen molar-refractivity contribution in [2.45, 2.75) is 25.1 Å². The van der Waals surface area contributed by atoms with Crippen molar-refractivity contribution >= 4 is 23.6 Å². The van der Waals surface area contributed by atoms with Gasteiger partial charge in [-0.3, -0.25) is 4.79 Å². The highest BCUT2D eigenvalue weighted by molar-refractivity contribution is 6.32. The number of aryl methyl sites for hydroxylation is 1. The Morgan fingerprint density at radius 2 is 2.10 bits per heavy atom.